The Morgan fingerprint density at radius 3 is 2.76 bits per heavy atom. The van der Waals surface area contributed by atoms with Crippen molar-refractivity contribution in [2.75, 3.05) is 6.54 Å². The first-order chi connectivity index (χ1) is 8.28. The van der Waals surface area contributed by atoms with Crippen LogP contribution < -0.4 is 5.32 Å². The second-order valence-corrected chi connectivity index (χ2v) is 5.11. The number of benzene rings is 1. The summed E-state index contributed by atoms with van der Waals surface area (Å²) in [6, 6.07) is 7.56. The molecule has 1 heterocycles. The summed E-state index contributed by atoms with van der Waals surface area (Å²) in [5.41, 5.74) is 1.24. The smallest absolute Gasteiger partial charge is 0.123 e. The molecule has 2 rings (SSSR count). The lowest BCUT2D eigenvalue weighted by Crippen LogP contribution is -2.38. The van der Waals surface area contributed by atoms with E-state index in [1.54, 1.807) is 12.1 Å². The first kappa shape index (κ1) is 12.6. The first-order valence-corrected chi connectivity index (χ1v) is 6.75. The topological polar surface area (TPSA) is 12.0 Å². The highest BCUT2D eigenvalue weighted by atomic mass is 19.1. The highest BCUT2D eigenvalue weighted by molar-refractivity contribution is 5.16. The molecule has 0 amide bonds. The standard InChI is InChI=1S/C15H22FN/c1-2-12-9-10-17-15(11-12)8-5-13-3-6-14(16)7-4-13/h3-4,6-7,12,15,17H,2,5,8-11H2,1H3. The predicted octanol–water partition coefficient (Wildman–Crippen LogP) is 3.54. The Morgan fingerprint density at radius 2 is 2.06 bits per heavy atom. The van der Waals surface area contributed by atoms with Crippen LogP contribution in [0.2, 0.25) is 0 Å². The van der Waals surface area contributed by atoms with Gasteiger partial charge in [0.15, 0.2) is 0 Å². The lowest BCUT2D eigenvalue weighted by molar-refractivity contribution is 0.285. The highest BCUT2D eigenvalue weighted by Crippen LogP contribution is 2.21. The lowest BCUT2D eigenvalue weighted by atomic mass is 9.88. The van der Waals surface area contributed by atoms with Crippen molar-refractivity contribution in [1.29, 1.82) is 0 Å². The monoisotopic (exact) mass is 235 g/mol. The van der Waals surface area contributed by atoms with E-state index in [2.05, 4.69) is 12.2 Å². The van der Waals surface area contributed by atoms with Gasteiger partial charge in [0, 0.05) is 6.04 Å². The molecule has 0 bridgehead atoms. The van der Waals surface area contributed by atoms with Gasteiger partial charge in [0.05, 0.1) is 0 Å². The fourth-order valence-corrected chi connectivity index (χ4v) is 2.68. The molecule has 0 aromatic heterocycles. The van der Waals surface area contributed by atoms with E-state index < -0.39 is 0 Å². The van der Waals surface area contributed by atoms with Crippen LogP contribution in [0.4, 0.5) is 4.39 Å². The molecule has 0 spiro atoms. The normalized spacial score (nSPS) is 24.8. The van der Waals surface area contributed by atoms with E-state index in [0.29, 0.717) is 6.04 Å². The molecule has 0 saturated carbocycles. The molecule has 2 unspecified atom stereocenters. The maximum atomic E-state index is 12.8. The SMILES string of the molecule is CCC1CCNC(CCc2ccc(F)cc2)C1. The lowest BCUT2D eigenvalue weighted by Gasteiger charge is -2.29. The van der Waals surface area contributed by atoms with Gasteiger partial charge in [0.1, 0.15) is 5.82 Å². The third-order valence-corrected chi connectivity index (χ3v) is 3.88. The summed E-state index contributed by atoms with van der Waals surface area (Å²) in [6.45, 7) is 3.44. The molecule has 1 aliphatic rings. The van der Waals surface area contributed by atoms with Crippen molar-refractivity contribution in [3.63, 3.8) is 0 Å². The van der Waals surface area contributed by atoms with E-state index in [1.807, 2.05) is 12.1 Å². The molecule has 1 fully saturated rings. The molecule has 1 aliphatic heterocycles. The summed E-state index contributed by atoms with van der Waals surface area (Å²) in [5, 5.41) is 3.59. The quantitative estimate of drug-likeness (QED) is 0.841. The Hall–Kier alpha value is -0.890. The Bertz CT molecular complexity index is 333. The summed E-state index contributed by atoms with van der Waals surface area (Å²) < 4.78 is 12.8. The first-order valence-electron chi connectivity index (χ1n) is 6.75. The molecular weight excluding hydrogens is 213 g/mol. The predicted molar refractivity (Wildman–Crippen MR) is 69.5 cm³/mol. The Labute approximate surface area is 103 Å². The molecule has 1 saturated heterocycles. The Balaban J connectivity index is 1.79. The van der Waals surface area contributed by atoms with Crippen LogP contribution in [0.15, 0.2) is 24.3 Å². The van der Waals surface area contributed by atoms with E-state index in [1.165, 1.54) is 31.2 Å². The number of aryl methyl sites for hydroxylation is 1. The van der Waals surface area contributed by atoms with Crippen molar-refractivity contribution < 1.29 is 4.39 Å². The zero-order chi connectivity index (χ0) is 12.1. The fraction of sp³-hybridized carbons (Fsp3) is 0.600. The number of hydrogen-bond donors (Lipinski definition) is 1. The third kappa shape index (κ3) is 3.81. The fourth-order valence-electron chi connectivity index (χ4n) is 2.68. The Morgan fingerprint density at radius 1 is 1.29 bits per heavy atom. The molecule has 1 aromatic rings. The molecule has 94 valence electrons. The van der Waals surface area contributed by atoms with Crippen molar-refractivity contribution in [2.45, 2.75) is 45.1 Å². The molecule has 0 aliphatic carbocycles. The molecule has 0 radical (unpaired) electrons. The zero-order valence-electron chi connectivity index (χ0n) is 10.6. The molecule has 2 heteroatoms. The minimum absolute atomic E-state index is 0.143. The van der Waals surface area contributed by atoms with Crippen molar-refractivity contribution in [1.82, 2.24) is 5.32 Å². The van der Waals surface area contributed by atoms with Gasteiger partial charge in [-0.15, -0.1) is 0 Å². The summed E-state index contributed by atoms with van der Waals surface area (Å²) in [4.78, 5) is 0. The van der Waals surface area contributed by atoms with Crippen LogP contribution >= 0.6 is 0 Å². The molecule has 1 aromatic carbocycles. The third-order valence-electron chi connectivity index (χ3n) is 3.88. The minimum Gasteiger partial charge on any atom is -0.314 e. The number of piperidine rings is 1. The number of hydrogen-bond acceptors (Lipinski definition) is 1. The largest absolute Gasteiger partial charge is 0.314 e. The van der Waals surface area contributed by atoms with E-state index in [4.69, 9.17) is 0 Å². The van der Waals surface area contributed by atoms with E-state index >= 15 is 0 Å². The van der Waals surface area contributed by atoms with Crippen LogP contribution in [0.1, 0.15) is 38.2 Å². The Kier molecular flexibility index (Phi) is 4.55. The number of nitrogens with one attached hydrogen (secondary N) is 1. The molecule has 17 heavy (non-hydrogen) atoms. The van der Waals surface area contributed by atoms with Crippen LogP contribution in [-0.2, 0) is 6.42 Å². The minimum atomic E-state index is -0.143. The van der Waals surface area contributed by atoms with E-state index in [0.717, 1.165) is 18.9 Å². The second-order valence-electron chi connectivity index (χ2n) is 5.11. The van der Waals surface area contributed by atoms with Crippen LogP contribution in [0.25, 0.3) is 0 Å². The van der Waals surface area contributed by atoms with Crippen molar-refractivity contribution in [2.24, 2.45) is 5.92 Å². The summed E-state index contributed by atoms with van der Waals surface area (Å²) in [6.07, 6.45) is 6.15. The molecular formula is C15H22FN. The van der Waals surface area contributed by atoms with Gasteiger partial charge in [-0.2, -0.15) is 0 Å². The summed E-state index contributed by atoms with van der Waals surface area (Å²) in [7, 11) is 0. The van der Waals surface area contributed by atoms with Crippen molar-refractivity contribution in [3.05, 3.63) is 35.6 Å². The van der Waals surface area contributed by atoms with E-state index in [-0.39, 0.29) is 5.82 Å². The average Bonchev–Trinajstić information content (AvgIpc) is 2.38. The van der Waals surface area contributed by atoms with Gasteiger partial charge in [-0.05, 0) is 55.8 Å². The average molecular weight is 235 g/mol. The van der Waals surface area contributed by atoms with Crippen molar-refractivity contribution >= 4 is 0 Å². The van der Waals surface area contributed by atoms with Crippen LogP contribution in [0.5, 0.6) is 0 Å². The summed E-state index contributed by atoms with van der Waals surface area (Å²) in [5.74, 6) is 0.755. The highest BCUT2D eigenvalue weighted by Gasteiger charge is 2.19. The second kappa shape index (κ2) is 6.15. The van der Waals surface area contributed by atoms with Crippen LogP contribution in [0.3, 0.4) is 0 Å². The summed E-state index contributed by atoms with van der Waals surface area (Å²) >= 11 is 0. The molecule has 1 N–H and O–H groups in total. The van der Waals surface area contributed by atoms with Crippen LogP contribution in [0, 0.1) is 11.7 Å². The van der Waals surface area contributed by atoms with Crippen molar-refractivity contribution in [3.8, 4) is 0 Å². The number of rotatable bonds is 4. The molecule has 1 nitrogen and oxygen atoms in total. The van der Waals surface area contributed by atoms with Gasteiger partial charge in [0.25, 0.3) is 0 Å². The van der Waals surface area contributed by atoms with E-state index in [9.17, 15) is 4.39 Å². The van der Waals surface area contributed by atoms with Gasteiger partial charge >= 0.3 is 0 Å². The maximum Gasteiger partial charge on any atom is 0.123 e. The van der Waals surface area contributed by atoms with Gasteiger partial charge in [0.2, 0.25) is 0 Å². The van der Waals surface area contributed by atoms with Gasteiger partial charge in [-0.1, -0.05) is 25.5 Å². The number of halogens is 1. The van der Waals surface area contributed by atoms with Gasteiger partial charge < -0.3 is 5.32 Å². The molecule has 2 atom stereocenters. The van der Waals surface area contributed by atoms with Gasteiger partial charge in [-0.3, -0.25) is 0 Å². The zero-order valence-corrected chi connectivity index (χ0v) is 10.6. The van der Waals surface area contributed by atoms with Crippen LogP contribution in [-0.4, -0.2) is 12.6 Å². The van der Waals surface area contributed by atoms with Gasteiger partial charge in [-0.25, -0.2) is 4.39 Å². The maximum absolute atomic E-state index is 12.8.